The molecular formula is C17H24FN3. The van der Waals surface area contributed by atoms with Crippen LogP contribution in [-0.4, -0.2) is 23.4 Å². The van der Waals surface area contributed by atoms with Gasteiger partial charge in [-0.2, -0.15) is 5.10 Å². The summed E-state index contributed by atoms with van der Waals surface area (Å²) < 4.78 is 15.9. The monoisotopic (exact) mass is 289 g/mol. The van der Waals surface area contributed by atoms with E-state index in [0.29, 0.717) is 5.92 Å². The van der Waals surface area contributed by atoms with E-state index in [2.05, 4.69) is 23.4 Å². The summed E-state index contributed by atoms with van der Waals surface area (Å²) in [6, 6.07) is 9.18. The number of aryl methyl sites for hydroxylation is 2. The summed E-state index contributed by atoms with van der Waals surface area (Å²) in [6.07, 6.45) is 1.64. The summed E-state index contributed by atoms with van der Waals surface area (Å²) in [6.45, 7) is 5.84. The normalized spacial score (nSPS) is 12.6. The Morgan fingerprint density at radius 2 is 2.05 bits per heavy atom. The van der Waals surface area contributed by atoms with Crippen LogP contribution < -0.4 is 5.32 Å². The maximum absolute atomic E-state index is 13.8. The van der Waals surface area contributed by atoms with Gasteiger partial charge in [0.05, 0.1) is 5.69 Å². The Balaban J connectivity index is 2.13. The zero-order chi connectivity index (χ0) is 15.2. The van der Waals surface area contributed by atoms with Crippen molar-refractivity contribution in [3.63, 3.8) is 0 Å². The first kappa shape index (κ1) is 15.7. The van der Waals surface area contributed by atoms with Gasteiger partial charge in [-0.05, 0) is 63.9 Å². The van der Waals surface area contributed by atoms with Crippen molar-refractivity contribution in [3.8, 4) is 0 Å². The molecule has 1 aromatic heterocycles. The van der Waals surface area contributed by atoms with Crippen LogP contribution in [0.4, 0.5) is 4.39 Å². The van der Waals surface area contributed by atoms with Crippen LogP contribution in [0, 0.1) is 18.7 Å². The molecule has 4 heteroatoms. The lowest BCUT2D eigenvalue weighted by Gasteiger charge is -2.17. The van der Waals surface area contributed by atoms with Gasteiger partial charge < -0.3 is 5.32 Å². The summed E-state index contributed by atoms with van der Waals surface area (Å²) in [7, 11) is 1.94. The van der Waals surface area contributed by atoms with Crippen LogP contribution in [0.5, 0.6) is 0 Å². The summed E-state index contributed by atoms with van der Waals surface area (Å²) >= 11 is 0. The van der Waals surface area contributed by atoms with Crippen LogP contribution >= 0.6 is 0 Å². The number of benzene rings is 1. The van der Waals surface area contributed by atoms with Gasteiger partial charge in [-0.25, -0.2) is 4.39 Å². The predicted octanol–water partition coefficient (Wildman–Crippen LogP) is 2.97. The fourth-order valence-electron chi connectivity index (χ4n) is 2.81. The van der Waals surface area contributed by atoms with Gasteiger partial charge in [0.1, 0.15) is 5.82 Å². The third-order valence-corrected chi connectivity index (χ3v) is 3.74. The second-order valence-electron chi connectivity index (χ2n) is 5.52. The third-order valence-electron chi connectivity index (χ3n) is 3.74. The van der Waals surface area contributed by atoms with Gasteiger partial charge in [0.25, 0.3) is 0 Å². The number of nitrogens with one attached hydrogen (secondary N) is 1. The lowest BCUT2D eigenvalue weighted by molar-refractivity contribution is 0.460. The van der Waals surface area contributed by atoms with Crippen LogP contribution in [0.2, 0.25) is 0 Å². The topological polar surface area (TPSA) is 29.9 Å². The minimum absolute atomic E-state index is 0.112. The van der Waals surface area contributed by atoms with Gasteiger partial charge in [-0.1, -0.05) is 18.2 Å². The Bertz CT molecular complexity index is 577. The molecule has 0 aliphatic heterocycles. The quantitative estimate of drug-likeness (QED) is 0.849. The van der Waals surface area contributed by atoms with E-state index in [-0.39, 0.29) is 5.82 Å². The van der Waals surface area contributed by atoms with Crippen molar-refractivity contribution in [1.82, 2.24) is 15.1 Å². The Labute approximate surface area is 126 Å². The summed E-state index contributed by atoms with van der Waals surface area (Å²) in [5.41, 5.74) is 3.06. The standard InChI is InChI=1S/C17H24FN3/c1-4-21-16(9-13(2)20-21)11-14(12-19-3)10-15-7-5-6-8-17(15)18/h5-9,14,19H,4,10-12H2,1-3H3. The summed E-state index contributed by atoms with van der Waals surface area (Å²) in [4.78, 5) is 0. The highest BCUT2D eigenvalue weighted by molar-refractivity contribution is 5.19. The first-order chi connectivity index (χ1) is 10.1. The number of nitrogens with zero attached hydrogens (tertiary/aromatic N) is 2. The molecule has 1 aromatic carbocycles. The maximum Gasteiger partial charge on any atom is 0.126 e. The van der Waals surface area contributed by atoms with Gasteiger partial charge in [0.2, 0.25) is 0 Å². The van der Waals surface area contributed by atoms with E-state index in [1.165, 1.54) is 11.8 Å². The molecule has 0 amide bonds. The van der Waals surface area contributed by atoms with Crippen molar-refractivity contribution in [2.24, 2.45) is 5.92 Å². The van der Waals surface area contributed by atoms with Crippen molar-refractivity contribution in [2.45, 2.75) is 33.2 Å². The van der Waals surface area contributed by atoms with E-state index in [1.807, 2.05) is 30.8 Å². The molecule has 0 saturated carbocycles. The second kappa shape index (κ2) is 7.36. The highest BCUT2D eigenvalue weighted by Crippen LogP contribution is 2.17. The zero-order valence-corrected chi connectivity index (χ0v) is 13.1. The van der Waals surface area contributed by atoms with Crippen LogP contribution in [0.3, 0.4) is 0 Å². The van der Waals surface area contributed by atoms with Gasteiger partial charge in [-0.3, -0.25) is 4.68 Å². The number of aromatic nitrogens is 2. The molecule has 0 radical (unpaired) electrons. The third kappa shape index (κ3) is 4.14. The molecule has 3 nitrogen and oxygen atoms in total. The van der Waals surface area contributed by atoms with Crippen LogP contribution in [-0.2, 0) is 19.4 Å². The van der Waals surface area contributed by atoms with E-state index < -0.39 is 0 Å². The Kier molecular flexibility index (Phi) is 5.51. The molecule has 2 rings (SSSR count). The van der Waals surface area contributed by atoms with Gasteiger partial charge in [-0.15, -0.1) is 0 Å². The highest BCUT2D eigenvalue weighted by atomic mass is 19.1. The molecule has 0 bridgehead atoms. The van der Waals surface area contributed by atoms with Gasteiger partial charge in [0.15, 0.2) is 0 Å². The van der Waals surface area contributed by atoms with E-state index in [0.717, 1.165) is 37.2 Å². The molecule has 1 N–H and O–H groups in total. The molecule has 114 valence electrons. The van der Waals surface area contributed by atoms with E-state index in [9.17, 15) is 4.39 Å². The molecule has 0 spiro atoms. The van der Waals surface area contributed by atoms with Gasteiger partial charge in [0, 0.05) is 12.2 Å². The average molecular weight is 289 g/mol. The lowest BCUT2D eigenvalue weighted by Crippen LogP contribution is -2.24. The molecule has 2 aromatic rings. The van der Waals surface area contributed by atoms with E-state index in [1.54, 1.807) is 6.07 Å². The predicted molar refractivity (Wildman–Crippen MR) is 83.9 cm³/mol. The molecule has 0 aliphatic rings. The second-order valence-corrected chi connectivity index (χ2v) is 5.52. The fourth-order valence-corrected chi connectivity index (χ4v) is 2.81. The minimum atomic E-state index is -0.112. The average Bonchev–Trinajstić information content (AvgIpc) is 2.81. The molecule has 0 fully saturated rings. The van der Waals surface area contributed by atoms with E-state index in [4.69, 9.17) is 0 Å². The zero-order valence-electron chi connectivity index (χ0n) is 13.1. The molecule has 21 heavy (non-hydrogen) atoms. The van der Waals surface area contributed by atoms with Crippen LogP contribution in [0.15, 0.2) is 30.3 Å². The van der Waals surface area contributed by atoms with Crippen molar-refractivity contribution >= 4 is 0 Å². The number of hydrogen-bond acceptors (Lipinski definition) is 2. The van der Waals surface area contributed by atoms with Crippen molar-refractivity contribution in [3.05, 3.63) is 53.1 Å². The Morgan fingerprint density at radius 1 is 1.29 bits per heavy atom. The van der Waals surface area contributed by atoms with Crippen LogP contribution in [0.25, 0.3) is 0 Å². The van der Waals surface area contributed by atoms with Gasteiger partial charge >= 0.3 is 0 Å². The number of rotatable bonds is 7. The largest absolute Gasteiger partial charge is 0.319 e. The SMILES string of the molecule is CCn1nc(C)cc1CC(CNC)Cc1ccccc1F. The summed E-state index contributed by atoms with van der Waals surface area (Å²) in [5, 5.41) is 7.71. The number of halogens is 1. The molecule has 1 atom stereocenters. The smallest absolute Gasteiger partial charge is 0.126 e. The Morgan fingerprint density at radius 3 is 2.71 bits per heavy atom. The fraction of sp³-hybridized carbons (Fsp3) is 0.471. The number of hydrogen-bond donors (Lipinski definition) is 1. The maximum atomic E-state index is 13.8. The van der Waals surface area contributed by atoms with Crippen molar-refractivity contribution in [1.29, 1.82) is 0 Å². The first-order valence-electron chi connectivity index (χ1n) is 7.55. The van der Waals surface area contributed by atoms with Crippen LogP contribution in [0.1, 0.15) is 23.9 Å². The molecule has 1 unspecified atom stereocenters. The molecule has 1 heterocycles. The molecule has 0 aliphatic carbocycles. The molecule has 0 saturated heterocycles. The van der Waals surface area contributed by atoms with Crippen molar-refractivity contribution < 1.29 is 4.39 Å². The Hall–Kier alpha value is -1.68. The highest BCUT2D eigenvalue weighted by Gasteiger charge is 2.15. The van der Waals surface area contributed by atoms with Crippen molar-refractivity contribution in [2.75, 3.05) is 13.6 Å². The molecular weight excluding hydrogens is 265 g/mol. The van der Waals surface area contributed by atoms with E-state index >= 15 is 0 Å². The minimum Gasteiger partial charge on any atom is -0.319 e. The lowest BCUT2D eigenvalue weighted by atomic mass is 9.94. The summed E-state index contributed by atoms with van der Waals surface area (Å²) in [5.74, 6) is 0.243. The first-order valence-corrected chi connectivity index (χ1v) is 7.55.